The van der Waals surface area contributed by atoms with E-state index in [1.807, 2.05) is 41.5 Å². The SMILES string of the molecule is CC(C)(C)[P+]([CH-]Cl)(c1cc(OCC(F)(F)F)cc(OCC(F)(F)F)c1)C(C)(C)C. The lowest BCUT2D eigenvalue weighted by Gasteiger charge is -2.52. The topological polar surface area (TPSA) is 18.5 Å². The van der Waals surface area contributed by atoms with Crippen LogP contribution < -0.4 is 14.8 Å². The Hall–Kier alpha value is -0.880. The van der Waals surface area contributed by atoms with Crippen molar-refractivity contribution in [3.8, 4) is 11.5 Å². The Morgan fingerprint density at radius 3 is 1.34 bits per heavy atom. The lowest BCUT2D eigenvalue weighted by atomic mass is 10.2. The monoisotopic (exact) mass is 466 g/mol. The molecule has 0 unspecified atom stereocenters. The highest BCUT2D eigenvalue weighted by Crippen LogP contribution is 2.78. The number of benzene rings is 1. The summed E-state index contributed by atoms with van der Waals surface area (Å²) in [4.78, 5) is 0. The van der Waals surface area contributed by atoms with Gasteiger partial charge in [0, 0.05) is 18.2 Å². The van der Waals surface area contributed by atoms with Crippen LogP contribution in [0, 0.1) is 5.62 Å². The summed E-state index contributed by atoms with van der Waals surface area (Å²) in [5, 5.41) is -0.363. The standard InChI is InChI=1S/C19H26ClF6O2P/c1-16(2,3)29(12-20,17(4,5)6)15-8-13(27-10-18(21,22)23)7-14(9-15)28-11-19(24,25)26/h7-9,12H,10-11H2,1-6H3. The van der Waals surface area contributed by atoms with E-state index in [1.54, 1.807) is 0 Å². The van der Waals surface area contributed by atoms with Crippen LogP contribution in [0.3, 0.4) is 0 Å². The van der Waals surface area contributed by atoms with Gasteiger partial charge < -0.3 is 21.1 Å². The second kappa shape index (κ2) is 8.70. The molecule has 0 saturated heterocycles. The zero-order valence-corrected chi connectivity index (χ0v) is 18.8. The molecule has 0 spiro atoms. The van der Waals surface area contributed by atoms with Gasteiger partial charge in [-0.3, -0.25) is 0 Å². The van der Waals surface area contributed by atoms with Gasteiger partial charge in [0.2, 0.25) is 0 Å². The van der Waals surface area contributed by atoms with E-state index in [4.69, 9.17) is 21.1 Å². The van der Waals surface area contributed by atoms with Gasteiger partial charge in [-0.2, -0.15) is 26.3 Å². The number of hydrogen-bond acceptors (Lipinski definition) is 2. The fourth-order valence-corrected chi connectivity index (χ4v) is 10.4. The normalized spacial score (nSPS) is 14.1. The second-order valence-corrected chi connectivity index (χ2v) is 14.1. The molecule has 0 atom stereocenters. The van der Waals surface area contributed by atoms with Crippen LogP contribution in [-0.2, 0) is 0 Å². The van der Waals surface area contributed by atoms with Crippen LogP contribution in [-0.4, -0.2) is 35.9 Å². The molecule has 1 rings (SSSR count). The first-order chi connectivity index (χ1) is 12.8. The van der Waals surface area contributed by atoms with E-state index < -0.39 is 43.1 Å². The van der Waals surface area contributed by atoms with Gasteiger partial charge in [-0.25, -0.2) is 0 Å². The van der Waals surface area contributed by atoms with Crippen molar-refractivity contribution in [3.63, 3.8) is 0 Å². The van der Waals surface area contributed by atoms with Crippen LogP contribution in [0.5, 0.6) is 11.5 Å². The summed E-state index contributed by atoms with van der Waals surface area (Å²) in [6.45, 7) is 8.46. The molecule has 1 aromatic rings. The molecule has 0 bridgehead atoms. The fraction of sp³-hybridized carbons (Fsp3) is 0.632. The van der Waals surface area contributed by atoms with Gasteiger partial charge in [-0.15, -0.1) is 0 Å². The third kappa shape index (κ3) is 6.81. The van der Waals surface area contributed by atoms with Crippen LogP contribution >= 0.6 is 18.9 Å². The van der Waals surface area contributed by atoms with Gasteiger partial charge in [0.1, 0.15) is 11.5 Å². The molecule has 0 amide bonds. The minimum absolute atomic E-state index is 0.228. The first-order valence-electron chi connectivity index (χ1n) is 8.71. The maximum absolute atomic E-state index is 12.6. The molecule has 0 saturated carbocycles. The third-order valence-electron chi connectivity index (χ3n) is 4.34. The summed E-state index contributed by atoms with van der Waals surface area (Å²) in [7, 11) is -2.46. The smallest absolute Gasteiger partial charge is 0.422 e. The Bertz CT molecular complexity index is 640. The average Bonchev–Trinajstić information content (AvgIpc) is 2.48. The van der Waals surface area contributed by atoms with E-state index >= 15 is 0 Å². The Kier molecular flexibility index (Phi) is 7.85. The predicted molar refractivity (Wildman–Crippen MR) is 106 cm³/mol. The number of halogens is 7. The number of ether oxygens (including phenoxy) is 2. The van der Waals surface area contributed by atoms with Crippen LogP contribution in [0.25, 0.3) is 0 Å². The molecule has 29 heavy (non-hydrogen) atoms. The highest BCUT2D eigenvalue weighted by atomic mass is 35.5. The van der Waals surface area contributed by atoms with Crippen LogP contribution in [0.2, 0.25) is 0 Å². The van der Waals surface area contributed by atoms with E-state index in [9.17, 15) is 26.3 Å². The Balaban J connectivity index is 3.59. The molecule has 0 fully saturated rings. The van der Waals surface area contributed by atoms with Crippen molar-refractivity contribution < 1.29 is 35.8 Å². The van der Waals surface area contributed by atoms with Crippen molar-refractivity contribution >= 4 is 24.2 Å². The van der Waals surface area contributed by atoms with Crippen molar-refractivity contribution in [2.24, 2.45) is 0 Å². The number of rotatable bonds is 6. The van der Waals surface area contributed by atoms with Gasteiger partial charge in [-0.1, -0.05) is 12.9 Å². The van der Waals surface area contributed by atoms with Crippen LogP contribution in [0.1, 0.15) is 41.5 Å². The molecular formula is C19H26ClF6O2P. The van der Waals surface area contributed by atoms with Gasteiger partial charge in [-0.05, 0) is 41.5 Å². The lowest BCUT2D eigenvalue weighted by Crippen LogP contribution is -2.39. The first-order valence-corrected chi connectivity index (χ1v) is 11.0. The first kappa shape index (κ1) is 26.2. The molecule has 1 aromatic carbocycles. The van der Waals surface area contributed by atoms with Crippen molar-refractivity contribution in [1.29, 1.82) is 0 Å². The lowest BCUT2D eigenvalue weighted by molar-refractivity contribution is -0.153. The van der Waals surface area contributed by atoms with E-state index in [0.717, 1.165) is 6.07 Å². The fourth-order valence-electron chi connectivity index (χ4n) is 3.39. The Morgan fingerprint density at radius 2 is 1.10 bits per heavy atom. The maximum Gasteiger partial charge on any atom is 0.422 e. The highest BCUT2D eigenvalue weighted by molar-refractivity contribution is 7.88. The number of hydrogen-bond donors (Lipinski definition) is 0. The van der Waals surface area contributed by atoms with Crippen molar-refractivity contribution in [2.75, 3.05) is 13.2 Å². The zero-order chi connectivity index (χ0) is 22.9. The highest BCUT2D eigenvalue weighted by Gasteiger charge is 2.52. The molecule has 0 N–H and O–H groups in total. The summed E-state index contributed by atoms with van der Waals surface area (Å²) in [6, 6.07) is 3.85. The molecule has 168 valence electrons. The summed E-state index contributed by atoms with van der Waals surface area (Å²) >= 11 is 6.31. The van der Waals surface area contributed by atoms with Gasteiger partial charge >= 0.3 is 12.4 Å². The zero-order valence-electron chi connectivity index (χ0n) is 17.1. The van der Waals surface area contributed by atoms with Crippen LogP contribution in [0.15, 0.2) is 18.2 Å². The van der Waals surface area contributed by atoms with E-state index in [-0.39, 0.29) is 11.5 Å². The van der Waals surface area contributed by atoms with Gasteiger partial charge in [0.15, 0.2) is 13.2 Å². The van der Waals surface area contributed by atoms with Gasteiger partial charge in [0.25, 0.3) is 0 Å². The van der Waals surface area contributed by atoms with E-state index in [0.29, 0.717) is 5.30 Å². The summed E-state index contributed by atoms with van der Waals surface area (Å²) in [6.07, 6.45) is -9.19. The van der Waals surface area contributed by atoms with E-state index in [1.165, 1.54) is 17.8 Å². The largest absolute Gasteiger partial charge is 0.484 e. The Morgan fingerprint density at radius 1 is 0.759 bits per heavy atom. The molecule has 0 aliphatic rings. The van der Waals surface area contributed by atoms with Gasteiger partial charge in [0.05, 0.1) is 15.6 Å². The van der Waals surface area contributed by atoms with Crippen molar-refractivity contribution in [2.45, 2.75) is 64.2 Å². The second-order valence-electron chi connectivity index (χ2n) is 8.63. The Labute approximate surface area is 173 Å². The molecule has 0 radical (unpaired) electrons. The molecule has 0 aliphatic heterocycles. The predicted octanol–water partition coefficient (Wildman–Crippen LogP) is 7.17. The quantitative estimate of drug-likeness (QED) is 0.251. The third-order valence-corrected chi connectivity index (χ3v) is 10.8. The molecule has 2 nitrogen and oxygen atoms in total. The molecule has 0 aromatic heterocycles. The molecular weight excluding hydrogens is 441 g/mol. The molecule has 0 heterocycles. The maximum atomic E-state index is 12.6. The average molecular weight is 467 g/mol. The van der Waals surface area contributed by atoms with Crippen molar-refractivity contribution in [3.05, 3.63) is 23.8 Å². The van der Waals surface area contributed by atoms with Crippen molar-refractivity contribution in [1.82, 2.24) is 0 Å². The van der Waals surface area contributed by atoms with E-state index in [2.05, 4.69) is 0 Å². The minimum atomic E-state index is -4.60. The summed E-state index contributed by atoms with van der Waals surface area (Å²) < 4.78 is 85.2. The summed E-state index contributed by atoms with van der Waals surface area (Å²) in [5.41, 5.74) is 1.52. The number of alkyl halides is 6. The summed E-state index contributed by atoms with van der Waals surface area (Å²) in [5.74, 6) is -0.457. The minimum Gasteiger partial charge on any atom is -0.484 e. The molecule has 0 aliphatic carbocycles. The van der Waals surface area contributed by atoms with Crippen LogP contribution in [0.4, 0.5) is 26.3 Å². The molecule has 10 heteroatoms.